The third-order valence-electron chi connectivity index (χ3n) is 2.37. The first-order chi connectivity index (χ1) is 9.10. The molecule has 0 heterocycles. The quantitative estimate of drug-likeness (QED) is 0.625. The van der Waals surface area contributed by atoms with E-state index in [9.17, 15) is 4.79 Å². The van der Waals surface area contributed by atoms with Gasteiger partial charge in [-0.2, -0.15) is 0 Å². The number of hydrogen-bond donors (Lipinski definition) is 1. The molecule has 114 valence electrons. The Balaban J connectivity index is 4.96. The Bertz CT molecular complexity index is 235. The van der Waals surface area contributed by atoms with Crippen molar-refractivity contribution < 1.29 is 22.8 Å². The van der Waals surface area contributed by atoms with Crippen LogP contribution in [0.4, 0.5) is 4.79 Å². The Morgan fingerprint density at radius 3 is 1.79 bits per heavy atom. The smallest absolute Gasteiger partial charge is 0.442 e. The molecule has 19 heavy (non-hydrogen) atoms. The normalized spacial score (nSPS) is 13.1. The van der Waals surface area contributed by atoms with Crippen LogP contribution in [-0.4, -0.2) is 47.0 Å². The zero-order valence-electron chi connectivity index (χ0n) is 12.7. The number of nitrogens with one attached hydrogen (secondary N) is 1. The highest BCUT2D eigenvalue weighted by Gasteiger charge is 2.51. The van der Waals surface area contributed by atoms with Crippen LogP contribution in [0.15, 0.2) is 0 Å². The maximum absolute atomic E-state index is 11.6. The molecule has 0 aliphatic heterocycles. The SMILES string of the molecule is CCNC(=O)OC(CC)[Si](OCC)(OCC)OCC. The van der Waals surface area contributed by atoms with E-state index in [4.69, 9.17) is 18.0 Å². The van der Waals surface area contributed by atoms with Gasteiger partial charge in [-0.1, -0.05) is 6.92 Å². The maximum atomic E-state index is 11.6. The third-order valence-corrected chi connectivity index (χ3v) is 5.76. The zero-order chi connectivity index (χ0) is 14.7. The van der Waals surface area contributed by atoms with Gasteiger partial charge in [-0.25, -0.2) is 4.79 Å². The van der Waals surface area contributed by atoms with Crippen molar-refractivity contribution in [1.29, 1.82) is 0 Å². The summed E-state index contributed by atoms with van der Waals surface area (Å²) >= 11 is 0. The van der Waals surface area contributed by atoms with Crippen LogP contribution >= 0.6 is 0 Å². The monoisotopic (exact) mass is 293 g/mol. The summed E-state index contributed by atoms with van der Waals surface area (Å²) in [5, 5.41) is 2.60. The van der Waals surface area contributed by atoms with Gasteiger partial charge < -0.3 is 23.3 Å². The van der Waals surface area contributed by atoms with Gasteiger partial charge in [0.05, 0.1) is 0 Å². The molecule has 7 heteroatoms. The summed E-state index contributed by atoms with van der Waals surface area (Å²) in [5.74, 6) is 0. The van der Waals surface area contributed by atoms with Gasteiger partial charge in [-0.3, -0.25) is 0 Å². The average Bonchev–Trinajstić information content (AvgIpc) is 2.37. The van der Waals surface area contributed by atoms with Crippen LogP contribution in [0.2, 0.25) is 0 Å². The highest BCUT2D eigenvalue weighted by atomic mass is 28.4. The van der Waals surface area contributed by atoms with Crippen molar-refractivity contribution in [2.24, 2.45) is 0 Å². The van der Waals surface area contributed by atoms with E-state index in [1.54, 1.807) is 0 Å². The average molecular weight is 293 g/mol. The van der Waals surface area contributed by atoms with Crippen molar-refractivity contribution >= 4 is 14.9 Å². The van der Waals surface area contributed by atoms with Gasteiger partial charge in [-0.05, 0) is 34.1 Å². The molecule has 0 radical (unpaired) electrons. The molecule has 0 aromatic carbocycles. The third kappa shape index (κ3) is 5.90. The predicted octanol–water partition coefficient (Wildman–Crippen LogP) is 2.10. The van der Waals surface area contributed by atoms with E-state index in [1.165, 1.54) is 0 Å². The van der Waals surface area contributed by atoms with E-state index in [0.29, 0.717) is 32.8 Å². The molecule has 0 aliphatic carbocycles. The summed E-state index contributed by atoms with van der Waals surface area (Å²) in [6, 6.07) is 0. The first-order valence-electron chi connectivity index (χ1n) is 6.96. The van der Waals surface area contributed by atoms with E-state index >= 15 is 0 Å². The van der Waals surface area contributed by atoms with Crippen molar-refractivity contribution in [1.82, 2.24) is 5.32 Å². The van der Waals surface area contributed by atoms with Crippen LogP contribution < -0.4 is 5.32 Å². The molecular weight excluding hydrogens is 266 g/mol. The van der Waals surface area contributed by atoms with Crippen molar-refractivity contribution in [2.45, 2.75) is 46.8 Å². The lowest BCUT2D eigenvalue weighted by Gasteiger charge is -2.33. The maximum Gasteiger partial charge on any atom is 0.544 e. The summed E-state index contributed by atoms with van der Waals surface area (Å²) in [6.45, 7) is 11.3. The van der Waals surface area contributed by atoms with E-state index < -0.39 is 20.6 Å². The molecule has 1 atom stereocenters. The summed E-state index contributed by atoms with van der Waals surface area (Å²) < 4.78 is 22.6. The van der Waals surface area contributed by atoms with E-state index in [2.05, 4.69) is 5.32 Å². The molecule has 1 N–H and O–H groups in total. The van der Waals surface area contributed by atoms with Crippen LogP contribution in [-0.2, 0) is 18.0 Å². The first-order valence-corrected chi connectivity index (χ1v) is 8.76. The lowest BCUT2D eigenvalue weighted by molar-refractivity contribution is 0.0123. The second-order valence-corrected chi connectivity index (χ2v) is 6.45. The second kappa shape index (κ2) is 10.2. The minimum Gasteiger partial charge on any atom is -0.442 e. The van der Waals surface area contributed by atoms with E-state index in [-0.39, 0.29) is 0 Å². The van der Waals surface area contributed by atoms with Crippen molar-refractivity contribution in [2.75, 3.05) is 26.4 Å². The Kier molecular flexibility index (Phi) is 9.85. The number of carbonyl (C=O) groups excluding carboxylic acids is 1. The largest absolute Gasteiger partial charge is 0.544 e. The lowest BCUT2D eigenvalue weighted by Crippen LogP contribution is -2.58. The standard InChI is InChI=1S/C12H27NO5Si/c1-6-11(18-12(14)13-7-2)19(15-8-3,16-9-4)17-10-5/h11H,6-10H2,1-5H3,(H,13,14). The van der Waals surface area contributed by atoms with Gasteiger partial charge in [0.2, 0.25) is 0 Å². The molecule has 0 fully saturated rings. The van der Waals surface area contributed by atoms with Gasteiger partial charge in [-0.15, -0.1) is 0 Å². The number of alkyl carbamates (subject to hydrolysis) is 1. The van der Waals surface area contributed by atoms with Gasteiger partial charge in [0, 0.05) is 26.4 Å². The molecule has 0 spiro atoms. The minimum atomic E-state index is -3.00. The Hall–Kier alpha value is -0.633. The number of amides is 1. The molecule has 0 saturated heterocycles. The number of hydrogen-bond acceptors (Lipinski definition) is 5. The van der Waals surface area contributed by atoms with E-state index in [0.717, 1.165) is 0 Å². The minimum absolute atomic E-state index is 0.460. The fourth-order valence-corrected chi connectivity index (χ4v) is 4.49. The molecule has 1 unspecified atom stereocenters. The fraction of sp³-hybridized carbons (Fsp3) is 0.917. The highest BCUT2D eigenvalue weighted by Crippen LogP contribution is 2.20. The van der Waals surface area contributed by atoms with Gasteiger partial charge in [0.25, 0.3) is 0 Å². The summed E-state index contributed by atoms with van der Waals surface area (Å²) in [6.07, 6.45) is 0.119. The van der Waals surface area contributed by atoms with E-state index in [1.807, 2.05) is 34.6 Å². The van der Waals surface area contributed by atoms with Gasteiger partial charge in [0.1, 0.15) is 0 Å². The molecule has 0 saturated carbocycles. The molecule has 0 rings (SSSR count). The molecule has 6 nitrogen and oxygen atoms in total. The first kappa shape index (κ1) is 18.4. The molecule has 0 bridgehead atoms. The van der Waals surface area contributed by atoms with Crippen molar-refractivity contribution in [3.05, 3.63) is 0 Å². The lowest BCUT2D eigenvalue weighted by atomic mass is 10.5. The zero-order valence-corrected chi connectivity index (χ0v) is 13.7. The molecular formula is C12H27NO5Si. The number of rotatable bonds is 10. The molecule has 0 aromatic heterocycles. The van der Waals surface area contributed by atoms with Crippen LogP contribution in [0, 0.1) is 0 Å². The number of carbonyl (C=O) groups is 1. The van der Waals surface area contributed by atoms with Crippen molar-refractivity contribution in [3.8, 4) is 0 Å². The fourth-order valence-electron chi connectivity index (χ4n) is 1.73. The van der Waals surface area contributed by atoms with Gasteiger partial charge >= 0.3 is 14.9 Å². The summed E-state index contributed by atoms with van der Waals surface area (Å²) in [5.41, 5.74) is -0.487. The van der Waals surface area contributed by atoms with Crippen LogP contribution in [0.3, 0.4) is 0 Å². The Morgan fingerprint density at radius 1 is 1.00 bits per heavy atom. The second-order valence-electron chi connectivity index (χ2n) is 3.74. The van der Waals surface area contributed by atoms with Gasteiger partial charge in [0.15, 0.2) is 5.73 Å². The topological polar surface area (TPSA) is 66.0 Å². The highest BCUT2D eigenvalue weighted by molar-refractivity contribution is 6.62. The number of ether oxygens (including phenoxy) is 1. The Morgan fingerprint density at radius 2 is 1.47 bits per heavy atom. The van der Waals surface area contributed by atoms with Crippen LogP contribution in [0.1, 0.15) is 41.0 Å². The molecule has 0 aromatic rings. The van der Waals surface area contributed by atoms with Crippen molar-refractivity contribution in [3.63, 3.8) is 0 Å². The predicted molar refractivity (Wildman–Crippen MR) is 74.9 cm³/mol. The Labute approximate surface area is 117 Å². The molecule has 0 aliphatic rings. The summed E-state index contributed by atoms with van der Waals surface area (Å²) in [4.78, 5) is 11.6. The molecule has 1 amide bonds. The van der Waals surface area contributed by atoms with Crippen LogP contribution in [0.5, 0.6) is 0 Å². The summed E-state index contributed by atoms with van der Waals surface area (Å²) in [7, 11) is -3.00. The van der Waals surface area contributed by atoms with Crippen LogP contribution in [0.25, 0.3) is 0 Å².